The van der Waals surface area contributed by atoms with Crippen molar-refractivity contribution in [1.29, 1.82) is 0 Å². The summed E-state index contributed by atoms with van der Waals surface area (Å²) in [7, 11) is 4.70. The van der Waals surface area contributed by atoms with Crippen molar-refractivity contribution >= 4 is 42.1 Å². The lowest BCUT2D eigenvalue weighted by atomic mass is 10.1. The van der Waals surface area contributed by atoms with Crippen LogP contribution in [0.15, 0.2) is 42.5 Å². The van der Waals surface area contributed by atoms with E-state index < -0.39 is 0 Å². The second-order valence-electron chi connectivity index (χ2n) is 7.26. The molecule has 3 aromatic rings. The number of rotatable bonds is 6. The molecule has 0 bridgehead atoms. The molecule has 0 aliphatic rings. The van der Waals surface area contributed by atoms with E-state index in [9.17, 15) is 14.4 Å². The predicted octanol–water partition coefficient (Wildman–Crippen LogP) is 6.76. The highest BCUT2D eigenvalue weighted by Crippen LogP contribution is 2.27. The monoisotopic (exact) mass is 518 g/mol. The molecular formula is C27H28Cl2O6. The maximum atomic E-state index is 10.5. The molecule has 0 aliphatic heterocycles. The molecule has 0 aromatic heterocycles. The molecule has 0 saturated heterocycles. The number of hydrogen-bond acceptors (Lipinski definition) is 6. The second kappa shape index (κ2) is 14.8. The van der Waals surface area contributed by atoms with Crippen LogP contribution in [0.4, 0.5) is 0 Å². The third-order valence-electron chi connectivity index (χ3n) is 4.88. The molecule has 0 saturated carbocycles. The van der Waals surface area contributed by atoms with Gasteiger partial charge in [-0.2, -0.15) is 0 Å². The van der Waals surface area contributed by atoms with Crippen LogP contribution in [-0.4, -0.2) is 40.2 Å². The maximum Gasteiger partial charge on any atom is 0.151 e. The highest BCUT2D eigenvalue weighted by molar-refractivity contribution is 6.33. The Kier molecular flexibility index (Phi) is 12.6. The van der Waals surface area contributed by atoms with E-state index in [1.807, 2.05) is 26.8 Å². The first kappa shape index (κ1) is 29.7. The number of carbonyl (C=O) groups excluding carboxylic acids is 3. The predicted molar refractivity (Wildman–Crippen MR) is 139 cm³/mol. The lowest BCUT2D eigenvalue weighted by molar-refractivity contribution is 0.111. The van der Waals surface area contributed by atoms with Crippen LogP contribution < -0.4 is 14.2 Å². The average molecular weight is 519 g/mol. The van der Waals surface area contributed by atoms with Crippen LogP contribution in [0.2, 0.25) is 10.0 Å². The topological polar surface area (TPSA) is 78.9 Å². The Balaban J connectivity index is 0.000000263. The van der Waals surface area contributed by atoms with Crippen molar-refractivity contribution in [2.75, 3.05) is 21.3 Å². The van der Waals surface area contributed by atoms with E-state index in [-0.39, 0.29) is 0 Å². The average Bonchev–Trinajstić information content (AvgIpc) is 2.86. The summed E-state index contributed by atoms with van der Waals surface area (Å²) in [5, 5.41) is 1.01. The molecule has 0 aliphatic carbocycles. The van der Waals surface area contributed by atoms with Crippen LogP contribution >= 0.6 is 23.2 Å². The van der Waals surface area contributed by atoms with Crippen LogP contribution in [-0.2, 0) is 0 Å². The first-order chi connectivity index (χ1) is 16.6. The normalized spacial score (nSPS) is 9.49. The van der Waals surface area contributed by atoms with Gasteiger partial charge in [-0.25, -0.2) is 0 Å². The molecule has 186 valence electrons. The van der Waals surface area contributed by atoms with Gasteiger partial charge < -0.3 is 14.2 Å². The highest BCUT2D eigenvalue weighted by Gasteiger charge is 2.05. The molecule has 6 nitrogen and oxygen atoms in total. The Morgan fingerprint density at radius 2 is 1.14 bits per heavy atom. The molecule has 0 spiro atoms. The molecule has 35 heavy (non-hydrogen) atoms. The highest BCUT2D eigenvalue weighted by atomic mass is 35.5. The summed E-state index contributed by atoms with van der Waals surface area (Å²) in [5.74, 6) is 2.08. The Morgan fingerprint density at radius 3 is 1.66 bits per heavy atom. The maximum absolute atomic E-state index is 10.5. The number of methoxy groups -OCH3 is 3. The van der Waals surface area contributed by atoms with E-state index >= 15 is 0 Å². The molecule has 3 rings (SSSR count). The van der Waals surface area contributed by atoms with Crippen molar-refractivity contribution in [2.24, 2.45) is 0 Å². The van der Waals surface area contributed by atoms with E-state index in [0.717, 1.165) is 35.0 Å². The lowest BCUT2D eigenvalue weighted by Gasteiger charge is -2.06. The number of carbonyl (C=O) groups is 3. The van der Waals surface area contributed by atoms with Gasteiger partial charge in [-0.15, -0.1) is 0 Å². The summed E-state index contributed by atoms with van der Waals surface area (Å²) in [4.78, 5) is 31.2. The number of benzene rings is 3. The lowest BCUT2D eigenvalue weighted by Crippen LogP contribution is -1.90. The summed E-state index contributed by atoms with van der Waals surface area (Å²) < 4.78 is 15.1. The Labute approximate surface area is 215 Å². The van der Waals surface area contributed by atoms with Gasteiger partial charge in [-0.1, -0.05) is 35.3 Å². The third-order valence-corrected chi connectivity index (χ3v) is 5.60. The van der Waals surface area contributed by atoms with Crippen LogP contribution in [0.5, 0.6) is 17.2 Å². The van der Waals surface area contributed by atoms with E-state index in [2.05, 4.69) is 0 Å². The van der Waals surface area contributed by atoms with Crippen molar-refractivity contribution in [3.8, 4) is 17.2 Å². The molecule has 0 amide bonds. The van der Waals surface area contributed by atoms with Crippen molar-refractivity contribution in [3.05, 3.63) is 85.9 Å². The number of hydrogen-bond donors (Lipinski definition) is 0. The molecule has 0 unspecified atom stereocenters. The fourth-order valence-corrected chi connectivity index (χ4v) is 3.32. The Morgan fingerprint density at radius 1 is 0.600 bits per heavy atom. The quantitative estimate of drug-likeness (QED) is 0.335. The molecule has 0 atom stereocenters. The molecular weight excluding hydrogens is 491 g/mol. The van der Waals surface area contributed by atoms with E-state index in [1.54, 1.807) is 57.7 Å². The molecule has 3 aromatic carbocycles. The summed E-state index contributed by atoms with van der Waals surface area (Å²) in [6.07, 6.45) is 2.26. The van der Waals surface area contributed by atoms with Gasteiger partial charge in [0.25, 0.3) is 0 Å². The van der Waals surface area contributed by atoms with Gasteiger partial charge in [0.05, 0.1) is 26.4 Å². The minimum Gasteiger partial charge on any atom is -0.496 e. The molecule has 0 fully saturated rings. The number of halogens is 2. The van der Waals surface area contributed by atoms with Gasteiger partial charge in [0.1, 0.15) is 29.8 Å². The van der Waals surface area contributed by atoms with Crippen LogP contribution in [0.3, 0.4) is 0 Å². The minimum atomic E-state index is 0.458. The minimum absolute atomic E-state index is 0.458. The second-order valence-corrected chi connectivity index (χ2v) is 8.07. The van der Waals surface area contributed by atoms with Gasteiger partial charge in [0, 0.05) is 27.3 Å². The fraction of sp³-hybridized carbons (Fsp3) is 0.222. The molecule has 0 N–H and O–H groups in total. The summed E-state index contributed by atoms with van der Waals surface area (Å²) in [6.45, 7) is 5.66. The molecule has 8 heteroatoms. The van der Waals surface area contributed by atoms with Gasteiger partial charge in [-0.05, 0) is 62.2 Å². The number of aldehydes is 3. The summed E-state index contributed by atoms with van der Waals surface area (Å²) in [5.41, 5.74) is 4.45. The zero-order valence-electron chi connectivity index (χ0n) is 20.5. The van der Waals surface area contributed by atoms with Gasteiger partial charge in [0.15, 0.2) is 6.29 Å². The van der Waals surface area contributed by atoms with E-state index in [4.69, 9.17) is 37.4 Å². The van der Waals surface area contributed by atoms with Gasteiger partial charge in [-0.3, -0.25) is 14.4 Å². The zero-order chi connectivity index (χ0) is 26.5. The summed E-state index contributed by atoms with van der Waals surface area (Å²) in [6, 6.07) is 12.0. The van der Waals surface area contributed by atoms with Gasteiger partial charge in [0.2, 0.25) is 0 Å². The smallest absolute Gasteiger partial charge is 0.151 e. The van der Waals surface area contributed by atoms with Gasteiger partial charge >= 0.3 is 0 Å². The van der Waals surface area contributed by atoms with Crippen LogP contribution in [0.1, 0.15) is 47.8 Å². The van der Waals surface area contributed by atoms with Crippen molar-refractivity contribution < 1.29 is 28.6 Å². The number of aryl methyl sites for hydroxylation is 2. The number of ether oxygens (including phenoxy) is 3. The first-order valence-electron chi connectivity index (χ1n) is 10.3. The van der Waals surface area contributed by atoms with Crippen LogP contribution in [0.25, 0.3) is 0 Å². The van der Waals surface area contributed by atoms with E-state index in [1.165, 1.54) is 0 Å². The van der Waals surface area contributed by atoms with E-state index in [0.29, 0.717) is 44.5 Å². The van der Waals surface area contributed by atoms with Crippen molar-refractivity contribution in [2.45, 2.75) is 20.8 Å². The standard InChI is InChI=1S/2C9H9ClO2.C9H10O2/c1-6-8(10)3-7(5-11)4-9(6)12-2;1-6-3-8(10)7(5-11)4-9(6)12-2;1-7-3-4-8(6-10)5-9(7)11-2/h2*3-5H,1-2H3;3-6H,1-2H3. The van der Waals surface area contributed by atoms with Crippen molar-refractivity contribution in [3.63, 3.8) is 0 Å². The molecule has 0 heterocycles. The Bertz CT molecular complexity index is 1170. The largest absolute Gasteiger partial charge is 0.496 e. The Hall–Kier alpha value is -3.35. The van der Waals surface area contributed by atoms with Crippen molar-refractivity contribution in [1.82, 2.24) is 0 Å². The molecule has 0 radical (unpaired) electrons. The zero-order valence-corrected chi connectivity index (χ0v) is 22.0. The fourth-order valence-electron chi connectivity index (χ4n) is 2.84. The SMILES string of the molecule is COc1cc(C=O)c(Cl)cc1C.COc1cc(C=O)cc(Cl)c1C.COc1cc(C=O)ccc1C. The first-order valence-corrected chi connectivity index (χ1v) is 11.1. The summed E-state index contributed by atoms with van der Waals surface area (Å²) >= 11 is 11.6. The third kappa shape index (κ3) is 8.74. The van der Waals surface area contributed by atoms with Crippen LogP contribution in [0, 0.1) is 20.8 Å².